The van der Waals surface area contributed by atoms with Crippen molar-refractivity contribution in [2.24, 2.45) is 11.8 Å². The van der Waals surface area contributed by atoms with Gasteiger partial charge in [0.2, 0.25) is 0 Å². The molecule has 0 fully saturated rings. The fraction of sp³-hybridized carbons (Fsp3) is 0.647. The van der Waals surface area contributed by atoms with E-state index in [1.165, 1.54) is 18.4 Å². The Labute approximate surface area is 123 Å². The summed E-state index contributed by atoms with van der Waals surface area (Å²) < 4.78 is 0. The standard InChI is InChI=1S/C17H27N3/c1-14(2)6-9-20(10-7-15(3)4)13-16-5-8-19-17(11-16)12-18/h5,8,11,14-15H,6-7,9-10,13H2,1-4H3. The largest absolute Gasteiger partial charge is 0.299 e. The molecule has 20 heavy (non-hydrogen) atoms. The minimum absolute atomic E-state index is 0.509. The van der Waals surface area contributed by atoms with Crippen molar-refractivity contribution in [1.82, 2.24) is 9.88 Å². The van der Waals surface area contributed by atoms with Crippen LogP contribution in [0, 0.1) is 23.2 Å². The topological polar surface area (TPSA) is 39.9 Å². The maximum atomic E-state index is 8.92. The highest BCUT2D eigenvalue weighted by Gasteiger charge is 2.09. The summed E-state index contributed by atoms with van der Waals surface area (Å²) in [6.45, 7) is 12.2. The zero-order chi connectivity index (χ0) is 15.0. The number of hydrogen-bond donors (Lipinski definition) is 0. The van der Waals surface area contributed by atoms with Crippen molar-refractivity contribution < 1.29 is 0 Å². The third-order valence-electron chi connectivity index (χ3n) is 3.39. The Morgan fingerprint density at radius 1 is 1.15 bits per heavy atom. The summed E-state index contributed by atoms with van der Waals surface area (Å²) in [6, 6.07) is 6.02. The predicted octanol–water partition coefficient (Wildman–Crippen LogP) is 3.85. The van der Waals surface area contributed by atoms with Gasteiger partial charge in [-0.05, 0) is 55.5 Å². The zero-order valence-electron chi connectivity index (χ0n) is 13.3. The summed E-state index contributed by atoms with van der Waals surface area (Å²) in [7, 11) is 0. The number of pyridine rings is 1. The second kappa shape index (κ2) is 8.71. The molecule has 1 aromatic heterocycles. The number of hydrogen-bond acceptors (Lipinski definition) is 3. The lowest BCUT2D eigenvalue weighted by Gasteiger charge is -2.24. The first-order chi connectivity index (χ1) is 9.51. The minimum atomic E-state index is 0.509. The SMILES string of the molecule is CC(C)CCN(CCC(C)C)Cc1ccnc(C#N)c1. The third kappa shape index (κ3) is 6.68. The molecule has 0 saturated heterocycles. The number of aromatic nitrogens is 1. The number of rotatable bonds is 8. The quantitative estimate of drug-likeness (QED) is 0.722. The van der Waals surface area contributed by atoms with Crippen LogP contribution in [0.3, 0.4) is 0 Å². The first kappa shape index (κ1) is 16.7. The number of nitriles is 1. The van der Waals surface area contributed by atoms with E-state index in [1.807, 2.05) is 12.1 Å². The molecule has 0 spiro atoms. The highest BCUT2D eigenvalue weighted by molar-refractivity contribution is 5.25. The Kier molecular flexibility index (Phi) is 7.25. The molecule has 0 aliphatic rings. The predicted molar refractivity (Wildman–Crippen MR) is 83.1 cm³/mol. The molecule has 0 amide bonds. The smallest absolute Gasteiger partial charge is 0.140 e. The van der Waals surface area contributed by atoms with E-state index < -0.39 is 0 Å². The third-order valence-corrected chi connectivity index (χ3v) is 3.39. The fourth-order valence-corrected chi connectivity index (χ4v) is 2.04. The molecule has 3 nitrogen and oxygen atoms in total. The Morgan fingerprint density at radius 3 is 2.25 bits per heavy atom. The zero-order valence-corrected chi connectivity index (χ0v) is 13.3. The molecule has 0 unspecified atom stereocenters. The second-order valence-corrected chi connectivity index (χ2v) is 6.30. The maximum Gasteiger partial charge on any atom is 0.140 e. The average Bonchev–Trinajstić information content (AvgIpc) is 2.41. The average molecular weight is 273 g/mol. The van der Waals surface area contributed by atoms with Crippen LogP contribution in [0.1, 0.15) is 51.8 Å². The van der Waals surface area contributed by atoms with Crippen molar-refractivity contribution in [3.63, 3.8) is 0 Å². The molecular formula is C17H27N3. The maximum absolute atomic E-state index is 8.92. The molecule has 1 aromatic rings. The normalized spacial score (nSPS) is 11.3. The molecule has 0 bridgehead atoms. The molecule has 0 aromatic carbocycles. The van der Waals surface area contributed by atoms with E-state index in [1.54, 1.807) is 6.20 Å². The van der Waals surface area contributed by atoms with Crippen LogP contribution in [0.15, 0.2) is 18.3 Å². The van der Waals surface area contributed by atoms with E-state index in [9.17, 15) is 0 Å². The van der Waals surface area contributed by atoms with Crippen molar-refractivity contribution in [2.45, 2.75) is 47.1 Å². The van der Waals surface area contributed by atoms with Crippen molar-refractivity contribution in [1.29, 1.82) is 5.26 Å². The van der Waals surface area contributed by atoms with Crippen molar-refractivity contribution in [3.05, 3.63) is 29.6 Å². The van der Waals surface area contributed by atoms with Crippen LogP contribution < -0.4 is 0 Å². The van der Waals surface area contributed by atoms with Crippen molar-refractivity contribution >= 4 is 0 Å². The van der Waals surface area contributed by atoms with Crippen LogP contribution >= 0.6 is 0 Å². The molecule has 1 heterocycles. The summed E-state index contributed by atoms with van der Waals surface area (Å²) in [4.78, 5) is 6.53. The molecular weight excluding hydrogens is 246 g/mol. The van der Waals surface area contributed by atoms with Gasteiger partial charge < -0.3 is 0 Å². The fourth-order valence-electron chi connectivity index (χ4n) is 2.04. The molecule has 0 aliphatic heterocycles. The summed E-state index contributed by atoms with van der Waals surface area (Å²) in [5.41, 5.74) is 1.69. The van der Waals surface area contributed by atoms with Gasteiger partial charge in [0.15, 0.2) is 0 Å². The van der Waals surface area contributed by atoms with E-state index in [2.05, 4.69) is 43.6 Å². The Balaban J connectivity index is 2.64. The summed E-state index contributed by atoms with van der Waals surface area (Å²) in [5.74, 6) is 1.45. The van der Waals surface area contributed by atoms with Gasteiger partial charge in [-0.2, -0.15) is 5.26 Å². The Bertz CT molecular complexity index is 420. The molecule has 110 valence electrons. The van der Waals surface area contributed by atoms with E-state index in [0.717, 1.165) is 31.5 Å². The van der Waals surface area contributed by atoms with E-state index in [4.69, 9.17) is 5.26 Å². The van der Waals surface area contributed by atoms with E-state index in [0.29, 0.717) is 5.69 Å². The molecule has 1 rings (SSSR count). The van der Waals surface area contributed by atoms with Crippen LogP contribution in [-0.4, -0.2) is 23.0 Å². The van der Waals surface area contributed by atoms with Gasteiger partial charge in [0.25, 0.3) is 0 Å². The van der Waals surface area contributed by atoms with Gasteiger partial charge in [-0.15, -0.1) is 0 Å². The monoisotopic (exact) mass is 273 g/mol. The van der Waals surface area contributed by atoms with Gasteiger partial charge >= 0.3 is 0 Å². The van der Waals surface area contributed by atoms with Gasteiger partial charge in [-0.25, -0.2) is 4.98 Å². The van der Waals surface area contributed by atoms with Crippen LogP contribution in [0.2, 0.25) is 0 Å². The molecule has 3 heteroatoms. The lowest BCUT2D eigenvalue weighted by Crippen LogP contribution is -2.27. The van der Waals surface area contributed by atoms with Gasteiger partial charge in [-0.3, -0.25) is 4.90 Å². The van der Waals surface area contributed by atoms with Gasteiger partial charge in [0.1, 0.15) is 11.8 Å². The van der Waals surface area contributed by atoms with Gasteiger partial charge in [0.05, 0.1) is 0 Å². The molecule has 0 aliphatic carbocycles. The second-order valence-electron chi connectivity index (χ2n) is 6.30. The van der Waals surface area contributed by atoms with Crippen LogP contribution in [0.5, 0.6) is 0 Å². The molecule has 0 N–H and O–H groups in total. The molecule has 0 atom stereocenters. The van der Waals surface area contributed by atoms with Crippen molar-refractivity contribution in [3.8, 4) is 6.07 Å². The van der Waals surface area contributed by atoms with E-state index in [-0.39, 0.29) is 0 Å². The number of nitrogens with zero attached hydrogens (tertiary/aromatic N) is 3. The Hall–Kier alpha value is -1.40. The highest BCUT2D eigenvalue weighted by Crippen LogP contribution is 2.11. The first-order valence-electron chi connectivity index (χ1n) is 7.58. The molecule has 0 saturated carbocycles. The van der Waals surface area contributed by atoms with Crippen LogP contribution in [0.4, 0.5) is 0 Å². The van der Waals surface area contributed by atoms with Crippen molar-refractivity contribution in [2.75, 3.05) is 13.1 Å². The molecule has 0 radical (unpaired) electrons. The highest BCUT2D eigenvalue weighted by atomic mass is 15.1. The van der Waals surface area contributed by atoms with Gasteiger partial charge in [-0.1, -0.05) is 27.7 Å². The first-order valence-corrected chi connectivity index (χ1v) is 7.58. The Morgan fingerprint density at radius 2 is 1.75 bits per heavy atom. The van der Waals surface area contributed by atoms with Crippen LogP contribution in [-0.2, 0) is 6.54 Å². The van der Waals surface area contributed by atoms with Gasteiger partial charge in [0, 0.05) is 12.7 Å². The van der Waals surface area contributed by atoms with Crippen LogP contribution in [0.25, 0.3) is 0 Å². The lowest BCUT2D eigenvalue weighted by molar-refractivity contribution is 0.235. The summed E-state index contributed by atoms with van der Waals surface area (Å²) in [6.07, 6.45) is 4.17. The summed E-state index contributed by atoms with van der Waals surface area (Å²) >= 11 is 0. The lowest BCUT2D eigenvalue weighted by atomic mass is 10.1. The van der Waals surface area contributed by atoms with E-state index >= 15 is 0 Å². The summed E-state index contributed by atoms with van der Waals surface area (Å²) in [5, 5.41) is 8.92. The minimum Gasteiger partial charge on any atom is -0.299 e.